The predicted molar refractivity (Wildman–Crippen MR) is 139 cm³/mol. The van der Waals surface area contributed by atoms with Crippen LogP contribution in [0.1, 0.15) is 26.5 Å². The van der Waals surface area contributed by atoms with Crippen molar-refractivity contribution in [2.75, 3.05) is 10.6 Å². The molecule has 1 aromatic heterocycles. The molecule has 3 aromatic carbocycles. The summed E-state index contributed by atoms with van der Waals surface area (Å²) in [7, 11) is -8.84. The fourth-order valence-corrected chi connectivity index (χ4v) is 5.60. The van der Waals surface area contributed by atoms with Gasteiger partial charge in [-0.25, -0.2) is 16.8 Å². The molecular formula is C24H18N4Na2O10S2. The molecule has 0 bridgehead atoms. The number of carbonyl (C=O) groups is 2. The van der Waals surface area contributed by atoms with Gasteiger partial charge in [0.05, 0.1) is 26.1 Å². The summed E-state index contributed by atoms with van der Waals surface area (Å²) in [4.78, 5) is 34.5. The van der Waals surface area contributed by atoms with E-state index >= 15 is 0 Å². The van der Waals surface area contributed by atoms with Gasteiger partial charge in [-0.2, -0.15) is 0 Å². The van der Waals surface area contributed by atoms with E-state index in [1.807, 2.05) is 0 Å². The largest absolute Gasteiger partial charge is 1.00 e. The summed E-state index contributed by atoms with van der Waals surface area (Å²) < 4.78 is 72.7. The van der Waals surface area contributed by atoms with E-state index in [2.05, 4.69) is 10.6 Å². The van der Waals surface area contributed by atoms with Crippen LogP contribution in [-0.2, 0) is 27.3 Å². The number of nitrogens with zero attached hydrogens (tertiary/aromatic N) is 2. The van der Waals surface area contributed by atoms with Gasteiger partial charge in [-0.05, 0) is 31.2 Å². The van der Waals surface area contributed by atoms with Gasteiger partial charge in [0.15, 0.2) is 0 Å². The first kappa shape index (κ1) is 35.6. The molecule has 0 atom stereocenters. The predicted octanol–water partition coefficient (Wildman–Crippen LogP) is -3.28. The Morgan fingerprint density at radius 3 is 2.02 bits per heavy atom. The second-order valence-corrected chi connectivity index (χ2v) is 11.2. The minimum absolute atomic E-state index is 0. The molecule has 0 saturated heterocycles. The average molecular weight is 633 g/mol. The van der Waals surface area contributed by atoms with Crippen LogP contribution in [0, 0.1) is 17.0 Å². The monoisotopic (exact) mass is 632 g/mol. The molecule has 208 valence electrons. The summed E-state index contributed by atoms with van der Waals surface area (Å²) >= 11 is 0. The third kappa shape index (κ3) is 7.28. The molecule has 18 heteroatoms. The van der Waals surface area contributed by atoms with Crippen molar-refractivity contribution in [3.05, 3.63) is 87.7 Å². The second-order valence-electron chi connectivity index (χ2n) is 8.51. The fraction of sp³-hybridized carbons (Fsp3) is 0.0833. The number of hydrogen-bond donors (Lipinski definition) is 2. The maximum absolute atomic E-state index is 13.2. The van der Waals surface area contributed by atoms with Gasteiger partial charge in [-0.3, -0.25) is 19.7 Å². The molecule has 0 aliphatic rings. The summed E-state index contributed by atoms with van der Waals surface area (Å²) in [6.07, 6.45) is 0. The van der Waals surface area contributed by atoms with Crippen molar-refractivity contribution in [3.8, 4) is 0 Å². The van der Waals surface area contributed by atoms with Crippen LogP contribution in [0.25, 0.3) is 10.8 Å². The number of nitro benzene ring substituents is 1. The third-order valence-electron chi connectivity index (χ3n) is 6.07. The standard InChI is InChI=1S/C24H20N4O10S2.2Na/c1-13-19(26-23(29)14-5-3-6-15(11-14)28(31)32)12-20(27(13)2)24(30)25-18-10-9-16-17(22(18)40(36,37)38)7-4-8-21(16)39(33,34)35;;/h3-12H,1-2H3,(H,25,30)(H,26,29)(H,33,34,35)(H,36,37,38);;/q;2*+1/p-2. The zero-order chi connectivity index (χ0) is 29.6. The molecule has 0 unspecified atom stereocenters. The molecule has 4 rings (SSSR count). The summed E-state index contributed by atoms with van der Waals surface area (Å²) in [5, 5.41) is 15.2. The Morgan fingerprint density at radius 1 is 0.810 bits per heavy atom. The van der Waals surface area contributed by atoms with Crippen molar-refractivity contribution in [1.82, 2.24) is 4.57 Å². The van der Waals surface area contributed by atoms with Crippen LogP contribution in [0.15, 0.2) is 70.5 Å². The molecule has 0 fully saturated rings. The Balaban J connectivity index is 0.00000308. The Labute approximate surface area is 283 Å². The third-order valence-corrected chi connectivity index (χ3v) is 7.91. The summed E-state index contributed by atoms with van der Waals surface area (Å²) in [5.74, 6) is -1.58. The van der Waals surface area contributed by atoms with Crippen molar-refractivity contribution >= 4 is 59.9 Å². The average Bonchev–Trinajstić information content (AvgIpc) is 3.15. The van der Waals surface area contributed by atoms with Crippen molar-refractivity contribution in [3.63, 3.8) is 0 Å². The van der Waals surface area contributed by atoms with Crippen molar-refractivity contribution in [2.45, 2.75) is 16.7 Å². The molecule has 42 heavy (non-hydrogen) atoms. The van der Waals surface area contributed by atoms with E-state index in [1.54, 1.807) is 6.92 Å². The molecule has 2 N–H and O–H groups in total. The Kier molecular flexibility index (Phi) is 11.3. The topological polar surface area (TPSA) is 221 Å². The Hall–Kier alpha value is -2.64. The smallest absolute Gasteiger partial charge is 0.744 e. The van der Waals surface area contributed by atoms with Gasteiger partial charge in [0, 0.05) is 41.2 Å². The van der Waals surface area contributed by atoms with Crippen LogP contribution in [0.5, 0.6) is 0 Å². The SMILES string of the molecule is Cc1c(NC(=O)c2cccc([N+](=O)[O-])c2)cc(C(=O)Nc2ccc3c(S(=O)(=O)[O-])cccc3c2S(=O)(=O)[O-])n1C.[Na+].[Na+]. The number of fused-ring (bicyclic) bond motifs is 1. The van der Waals surface area contributed by atoms with E-state index in [9.17, 15) is 45.6 Å². The molecule has 0 saturated carbocycles. The minimum Gasteiger partial charge on any atom is -0.744 e. The van der Waals surface area contributed by atoms with Gasteiger partial charge in [0.2, 0.25) is 0 Å². The first-order valence-electron chi connectivity index (χ1n) is 11.1. The van der Waals surface area contributed by atoms with Gasteiger partial charge < -0.3 is 24.3 Å². The quantitative estimate of drug-likeness (QED) is 0.0895. The van der Waals surface area contributed by atoms with Crippen LogP contribution >= 0.6 is 0 Å². The van der Waals surface area contributed by atoms with Crippen LogP contribution in [-0.4, -0.2) is 47.2 Å². The maximum Gasteiger partial charge on any atom is 1.00 e. The Bertz CT molecular complexity index is 1960. The van der Waals surface area contributed by atoms with E-state index in [0.29, 0.717) is 5.69 Å². The van der Waals surface area contributed by atoms with Gasteiger partial charge in [-0.15, -0.1) is 0 Å². The number of carbonyl (C=O) groups excluding carboxylic acids is 2. The molecular weight excluding hydrogens is 614 g/mol. The maximum atomic E-state index is 13.2. The van der Waals surface area contributed by atoms with Crippen LogP contribution in [0.2, 0.25) is 0 Å². The van der Waals surface area contributed by atoms with E-state index in [-0.39, 0.29) is 92.5 Å². The number of rotatable bonds is 7. The number of hydrogen-bond acceptors (Lipinski definition) is 10. The zero-order valence-corrected chi connectivity index (χ0v) is 28.2. The minimum atomic E-state index is -5.29. The van der Waals surface area contributed by atoms with Gasteiger partial charge in [0.25, 0.3) is 17.5 Å². The van der Waals surface area contributed by atoms with Gasteiger partial charge in [0.1, 0.15) is 25.9 Å². The van der Waals surface area contributed by atoms with E-state index in [4.69, 9.17) is 0 Å². The zero-order valence-electron chi connectivity index (χ0n) is 22.6. The number of aromatic nitrogens is 1. The van der Waals surface area contributed by atoms with Gasteiger partial charge >= 0.3 is 59.1 Å². The Morgan fingerprint density at radius 2 is 1.43 bits per heavy atom. The summed E-state index contributed by atoms with van der Waals surface area (Å²) in [6, 6.07) is 11.5. The van der Waals surface area contributed by atoms with E-state index in [1.165, 1.54) is 35.9 Å². The molecule has 0 radical (unpaired) electrons. The number of amides is 2. The molecule has 1 heterocycles. The van der Waals surface area contributed by atoms with Crippen LogP contribution in [0.3, 0.4) is 0 Å². The fourth-order valence-electron chi connectivity index (χ4n) is 4.07. The van der Waals surface area contributed by atoms with Crippen molar-refractivity contribution in [1.29, 1.82) is 0 Å². The van der Waals surface area contributed by atoms with Crippen LogP contribution < -0.4 is 69.7 Å². The molecule has 4 aromatic rings. The van der Waals surface area contributed by atoms with E-state index < -0.39 is 52.5 Å². The first-order valence-corrected chi connectivity index (χ1v) is 13.9. The molecule has 0 aliphatic heterocycles. The molecule has 2 amide bonds. The summed E-state index contributed by atoms with van der Waals surface area (Å²) in [6.45, 7) is 1.56. The van der Waals surface area contributed by atoms with Crippen molar-refractivity contribution < 1.29 is 99.6 Å². The van der Waals surface area contributed by atoms with E-state index in [0.717, 1.165) is 36.4 Å². The number of non-ortho nitro benzene ring substituents is 1. The van der Waals surface area contributed by atoms with Gasteiger partial charge in [-0.1, -0.05) is 24.3 Å². The second kappa shape index (κ2) is 13.3. The first-order chi connectivity index (χ1) is 18.6. The summed E-state index contributed by atoms with van der Waals surface area (Å²) in [5.41, 5.74) is -0.276. The van der Waals surface area contributed by atoms with Crippen molar-refractivity contribution in [2.24, 2.45) is 7.05 Å². The molecule has 14 nitrogen and oxygen atoms in total. The molecule has 0 aliphatic carbocycles. The number of nitrogens with one attached hydrogen (secondary N) is 2. The normalized spacial score (nSPS) is 11.2. The number of anilines is 2. The van der Waals surface area contributed by atoms with Crippen LogP contribution in [0.4, 0.5) is 17.1 Å². The molecule has 0 spiro atoms. The number of benzene rings is 3. The number of nitro groups is 1.